The third kappa shape index (κ3) is 3.95. The Morgan fingerprint density at radius 1 is 0.833 bits per heavy atom. The van der Waals surface area contributed by atoms with Gasteiger partial charge in [0.1, 0.15) is 12.2 Å². The van der Waals surface area contributed by atoms with Gasteiger partial charge in [-0.15, -0.1) is 0 Å². The Morgan fingerprint density at radius 3 is 1.72 bits per heavy atom. The van der Waals surface area contributed by atoms with Crippen molar-refractivity contribution in [3.8, 4) is 0 Å². The first-order valence-electron chi connectivity index (χ1n) is 6.17. The van der Waals surface area contributed by atoms with Crippen LogP contribution in [-0.4, -0.2) is 33.6 Å². The summed E-state index contributed by atoms with van der Waals surface area (Å²) in [6, 6.07) is 0. The molecular weight excluding hydrogens is 228 g/mol. The van der Waals surface area contributed by atoms with Crippen molar-refractivity contribution in [2.45, 2.75) is 39.1 Å². The summed E-state index contributed by atoms with van der Waals surface area (Å²) in [6.45, 7) is 5.75. The Hall–Kier alpha value is -1.16. The summed E-state index contributed by atoms with van der Waals surface area (Å²) in [5.41, 5.74) is 1.87. The lowest BCUT2D eigenvalue weighted by molar-refractivity contribution is 0.0716. The molecule has 0 aromatic heterocycles. The molecule has 0 unspecified atom stereocenters. The Bertz CT molecular complexity index is 353. The maximum absolute atomic E-state index is 9.33. The predicted molar refractivity (Wildman–Crippen MR) is 73.0 cm³/mol. The van der Waals surface area contributed by atoms with E-state index in [0.29, 0.717) is 0 Å². The van der Waals surface area contributed by atoms with Crippen LogP contribution < -0.4 is 0 Å². The van der Waals surface area contributed by atoms with Crippen LogP contribution in [0.15, 0.2) is 47.6 Å². The molecule has 0 radical (unpaired) electrons. The molecule has 4 atom stereocenters. The van der Waals surface area contributed by atoms with Gasteiger partial charge in [-0.3, -0.25) is 0 Å². The van der Waals surface area contributed by atoms with E-state index in [4.69, 9.17) is 10.2 Å². The van der Waals surface area contributed by atoms with E-state index in [1.165, 1.54) is 0 Å². The van der Waals surface area contributed by atoms with E-state index in [1.54, 1.807) is 25.2 Å². The smallest absolute Gasteiger partial charge is 0.105 e. The van der Waals surface area contributed by atoms with Crippen LogP contribution in [0.2, 0.25) is 0 Å². The van der Waals surface area contributed by atoms with E-state index < -0.39 is 12.2 Å². The number of rotatable bonds is 0. The van der Waals surface area contributed by atoms with E-state index >= 15 is 0 Å². The van der Waals surface area contributed by atoms with Gasteiger partial charge in [-0.05, 0) is 25.0 Å². The zero-order valence-corrected chi connectivity index (χ0v) is 11.1. The molecule has 0 fully saturated rings. The number of aliphatic hydroxyl groups excluding tert-OH is 3. The van der Waals surface area contributed by atoms with Crippen LogP contribution in [0.25, 0.3) is 0 Å². The Labute approximate surface area is 108 Å². The van der Waals surface area contributed by atoms with E-state index in [9.17, 15) is 5.11 Å². The molecule has 18 heavy (non-hydrogen) atoms. The van der Waals surface area contributed by atoms with Gasteiger partial charge in [-0.1, -0.05) is 43.4 Å². The largest absolute Gasteiger partial charge is 0.388 e. The molecule has 0 aromatic rings. The van der Waals surface area contributed by atoms with E-state index in [1.807, 2.05) is 32.1 Å². The van der Waals surface area contributed by atoms with Gasteiger partial charge < -0.3 is 15.3 Å². The van der Waals surface area contributed by atoms with Gasteiger partial charge in [0.15, 0.2) is 0 Å². The summed E-state index contributed by atoms with van der Waals surface area (Å²) < 4.78 is 0. The predicted octanol–water partition coefficient (Wildman–Crippen LogP) is 1.72. The zero-order chi connectivity index (χ0) is 13.7. The molecule has 0 bridgehead atoms. The Morgan fingerprint density at radius 2 is 1.33 bits per heavy atom. The lowest BCUT2D eigenvalue weighted by atomic mass is 9.94. The SMILES string of the molecule is CC1=CC=C[C@H](C)[C@@H]1O.CC1=CC=C[C@H](O)[C@@H]1O. The van der Waals surface area contributed by atoms with Gasteiger partial charge in [-0.25, -0.2) is 0 Å². The third-order valence-corrected chi connectivity index (χ3v) is 3.20. The van der Waals surface area contributed by atoms with Crippen LogP contribution in [-0.2, 0) is 0 Å². The average Bonchev–Trinajstić information content (AvgIpc) is 2.34. The molecule has 3 nitrogen and oxygen atoms in total. The normalized spacial score (nSPS) is 34.3. The summed E-state index contributed by atoms with van der Waals surface area (Å²) >= 11 is 0. The van der Waals surface area contributed by atoms with E-state index in [0.717, 1.165) is 11.1 Å². The standard InChI is InChI=1S/C8H12O.C7H10O2/c1-6-4-3-5-7(2)8(6)9;1-5-3-2-4-6(8)7(5)9/h3-6,8-9H,1-2H3;2-4,6-9H,1H3/t6-,8-;6-,7+/m00/s1. The van der Waals surface area contributed by atoms with E-state index in [2.05, 4.69) is 0 Å². The fourth-order valence-corrected chi connectivity index (χ4v) is 1.80. The number of allylic oxidation sites excluding steroid dienone is 4. The molecule has 2 aliphatic rings. The maximum Gasteiger partial charge on any atom is 0.105 e. The summed E-state index contributed by atoms with van der Waals surface area (Å²) in [5.74, 6) is 0.287. The van der Waals surface area contributed by atoms with Crippen LogP contribution in [0.5, 0.6) is 0 Å². The van der Waals surface area contributed by atoms with Gasteiger partial charge in [0.05, 0.1) is 6.10 Å². The van der Waals surface area contributed by atoms with Crippen molar-refractivity contribution in [2.24, 2.45) is 5.92 Å². The highest BCUT2D eigenvalue weighted by molar-refractivity contribution is 5.23. The molecule has 0 amide bonds. The summed E-state index contributed by atoms with van der Waals surface area (Å²) in [5, 5.41) is 27.4. The minimum atomic E-state index is -0.713. The Kier molecular flexibility index (Phi) is 5.54. The van der Waals surface area contributed by atoms with Crippen molar-refractivity contribution < 1.29 is 15.3 Å². The summed E-state index contributed by atoms with van der Waals surface area (Å²) in [6.07, 6.45) is 9.39. The quantitative estimate of drug-likeness (QED) is 0.613. The maximum atomic E-state index is 9.33. The van der Waals surface area contributed by atoms with Gasteiger partial charge in [0.25, 0.3) is 0 Å². The second-order valence-electron chi connectivity index (χ2n) is 4.83. The number of hydrogen-bond donors (Lipinski definition) is 3. The fraction of sp³-hybridized carbons (Fsp3) is 0.467. The van der Waals surface area contributed by atoms with Gasteiger partial charge in [0.2, 0.25) is 0 Å². The highest BCUT2D eigenvalue weighted by Gasteiger charge is 2.16. The molecule has 0 saturated heterocycles. The molecule has 0 aromatic carbocycles. The van der Waals surface area contributed by atoms with Crippen LogP contribution in [0.4, 0.5) is 0 Å². The molecule has 100 valence electrons. The Balaban J connectivity index is 0.000000180. The van der Waals surface area contributed by atoms with Crippen molar-refractivity contribution in [1.29, 1.82) is 0 Å². The zero-order valence-electron chi connectivity index (χ0n) is 11.1. The molecular formula is C15H22O3. The van der Waals surface area contributed by atoms with Crippen molar-refractivity contribution in [3.63, 3.8) is 0 Å². The van der Waals surface area contributed by atoms with Crippen LogP contribution >= 0.6 is 0 Å². The van der Waals surface area contributed by atoms with Crippen molar-refractivity contribution >= 4 is 0 Å². The highest BCUT2D eigenvalue weighted by atomic mass is 16.3. The molecule has 3 N–H and O–H groups in total. The second-order valence-corrected chi connectivity index (χ2v) is 4.83. The number of hydrogen-bond acceptors (Lipinski definition) is 3. The highest BCUT2D eigenvalue weighted by Crippen LogP contribution is 2.17. The second kappa shape index (κ2) is 6.69. The minimum absolute atomic E-state index is 0.255. The van der Waals surface area contributed by atoms with Crippen molar-refractivity contribution in [3.05, 3.63) is 47.6 Å². The minimum Gasteiger partial charge on any atom is -0.388 e. The van der Waals surface area contributed by atoms with Crippen LogP contribution in [0, 0.1) is 5.92 Å². The van der Waals surface area contributed by atoms with Crippen molar-refractivity contribution in [2.75, 3.05) is 0 Å². The fourth-order valence-electron chi connectivity index (χ4n) is 1.80. The molecule has 2 aliphatic carbocycles. The van der Waals surface area contributed by atoms with Crippen molar-refractivity contribution in [1.82, 2.24) is 0 Å². The summed E-state index contributed by atoms with van der Waals surface area (Å²) in [7, 11) is 0. The molecule has 2 rings (SSSR count). The van der Waals surface area contributed by atoms with Crippen LogP contribution in [0.3, 0.4) is 0 Å². The number of aliphatic hydroxyl groups is 3. The molecule has 0 aliphatic heterocycles. The lowest BCUT2D eigenvalue weighted by Gasteiger charge is -2.18. The first kappa shape index (κ1) is 14.9. The lowest BCUT2D eigenvalue weighted by Crippen LogP contribution is -2.26. The van der Waals surface area contributed by atoms with E-state index in [-0.39, 0.29) is 12.0 Å². The third-order valence-electron chi connectivity index (χ3n) is 3.20. The van der Waals surface area contributed by atoms with Gasteiger partial charge >= 0.3 is 0 Å². The monoisotopic (exact) mass is 250 g/mol. The molecule has 0 spiro atoms. The first-order chi connectivity index (χ1) is 8.43. The summed E-state index contributed by atoms with van der Waals surface area (Å²) in [4.78, 5) is 0. The topological polar surface area (TPSA) is 60.7 Å². The molecule has 3 heteroatoms. The first-order valence-corrected chi connectivity index (χ1v) is 6.17. The molecule has 0 saturated carbocycles. The van der Waals surface area contributed by atoms with Crippen LogP contribution in [0.1, 0.15) is 20.8 Å². The molecule has 0 heterocycles. The van der Waals surface area contributed by atoms with Gasteiger partial charge in [0, 0.05) is 5.92 Å². The average molecular weight is 250 g/mol. The van der Waals surface area contributed by atoms with Gasteiger partial charge in [-0.2, -0.15) is 0 Å².